The fourth-order valence-corrected chi connectivity index (χ4v) is 2.92. The third kappa shape index (κ3) is 3.20. The number of imidazole rings is 1. The minimum Gasteiger partial charge on any atom is -0.379 e. The largest absolute Gasteiger partial charge is 0.379 e. The predicted octanol–water partition coefficient (Wildman–Crippen LogP) is 2.29. The summed E-state index contributed by atoms with van der Waals surface area (Å²) >= 11 is 5.85. The molecule has 0 atom stereocenters. The molecule has 1 aromatic heterocycles. The number of aryl methyl sites for hydroxylation is 1. The molecule has 21 heavy (non-hydrogen) atoms. The molecule has 1 fully saturated rings. The number of ether oxygens (including phenoxy) is 1. The van der Waals surface area contributed by atoms with Gasteiger partial charge >= 0.3 is 0 Å². The summed E-state index contributed by atoms with van der Waals surface area (Å²) in [6.45, 7) is 5.19. The normalized spacial score (nSPS) is 16.7. The number of alkyl halides is 1. The van der Waals surface area contributed by atoms with Gasteiger partial charge in [0.15, 0.2) is 5.82 Å². The van der Waals surface area contributed by atoms with Gasteiger partial charge in [0.05, 0.1) is 18.7 Å². The molecule has 0 bridgehead atoms. The number of morpholine rings is 1. The second-order valence-electron chi connectivity index (χ2n) is 5.18. The third-order valence-corrected chi connectivity index (χ3v) is 4.06. The van der Waals surface area contributed by atoms with E-state index in [1.54, 1.807) is 6.07 Å². The van der Waals surface area contributed by atoms with Crippen LogP contribution in [-0.2, 0) is 17.7 Å². The molecule has 1 aromatic carbocycles. The SMILES string of the molecule is Fc1cccc2c1nc(CCCl)n2CCN1CCOCC1. The zero-order valence-electron chi connectivity index (χ0n) is 11.9. The van der Waals surface area contributed by atoms with Crippen LogP contribution in [0.3, 0.4) is 0 Å². The fraction of sp³-hybridized carbons (Fsp3) is 0.533. The van der Waals surface area contributed by atoms with Crippen LogP contribution < -0.4 is 0 Å². The van der Waals surface area contributed by atoms with Gasteiger partial charge in [-0.05, 0) is 12.1 Å². The Balaban J connectivity index is 1.84. The Morgan fingerprint density at radius 1 is 1.24 bits per heavy atom. The molecular weight excluding hydrogens is 293 g/mol. The molecule has 114 valence electrons. The third-order valence-electron chi connectivity index (χ3n) is 3.87. The van der Waals surface area contributed by atoms with E-state index in [2.05, 4.69) is 14.5 Å². The van der Waals surface area contributed by atoms with Crippen LogP contribution in [-0.4, -0.2) is 53.2 Å². The van der Waals surface area contributed by atoms with Crippen LogP contribution >= 0.6 is 11.6 Å². The molecule has 0 N–H and O–H groups in total. The monoisotopic (exact) mass is 311 g/mol. The first-order valence-electron chi connectivity index (χ1n) is 7.29. The van der Waals surface area contributed by atoms with Crippen LogP contribution in [0.1, 0.15) is 5.82 Å². The van der Waals surface area contributed by atoms with E-state index in [-0.39, 0.29) is 5.82 Å². The maximum absolute atomic E-state index is 13.9. The van der Waals surface area contributed by atoms with Gasteiger partial charge in [0, 0.05) is 38.5 Å². The number of para-hydroxylation sites is 1. The zero-order valence-corrected chi connectivity index (χ0v) is 12.7. The van der Waals surface area contributed by atoms with Gasteiger partial charge in [-0.15, -0.1) is 11.6 Å². The molecular formula is C15H19ClFN3O. The van der Waals surface area contributed by atoms with E-state index >= 15 is 0 Å². The highest BCUT2D eigenvalue weighted by Gasteiger charge is 2.15. The van der Waals surface area contributed by atoms with Crippen LogP contribution in [0.5, 0.6) is 0 Å². The summed E-state index contributed by atoms with van der Waals surface area (Å²) in [5, 5.41) is 0. The highest BCUT2D eigenvalue weighted by Crippen LogP contribution is 2.20. The smallest absolute Gasteiger partial charge is 0.151 e. The Hall–Kier alpha value is -1.17. The minimum atomic E-state index is -0.270. The maximum atomic E-state index is 13.9. The number of benzene rings is 1. The number of halogens is 2. The number of nitrogens with zero attached hydrogens (tertiary/aromatic N) is 3. The van der Waals surface area contributed by atoms with E-state index in [0.29, 0.717) is 17.8 Å². The van der Waals surface area contributed by atoms with Crippen molar-refractivity contribution in [3.63, 3.8) is 0 Å². The summed E-state index contributed by atoms with van der Waals surface area (Å²) in [4.78, 5) is 6.79. The molecule has 0 aliphatic carbocycles. The average molecular weight is 312 g/mol. The Morgan fingerprint density at radius 2 is 2.05 bits per heavy atom. The van der Waals surface area contributed by atoms with Crippen molar-refractivity contribution in [1.82, 2.24) is 14.5 Å². The van der Waals surface area contributed by atoms with Gasteiger partial charge < -0.3 is 9.30 Å². The first-order chi connectivity index (χ1) is 10.3. The highest BCUT2D eigenvalue weighted by molar-refractivity contribution is 6.17. The Morgan fingerprint density at radius 3 is 2.81 bits per heavy atom. The van der Waals surface area contributed by atoms with Crippen LogP contribution in [0, 0.1) is 5.82 Å². The van der Waals surface area contributed by atoms with Crippen molar-refractivity contribution in [3.8, 4) is 0 Å². The molecule has 2 aromatic rings. The molecule has 2 heterocycles. The van der Waals surface area contributed by atoms with E-state index in [1.165, 1.54) is 6.07 Å². The lowest BCUT2D eigenvalue weighted by atomic mass is 10.3. The van der Waals surface area contributed by atoms with Crippen LogP contribution in [0.4, 0.5) is 4.39 Å². The van der Waals surface area contributed by atoms with E-state index in [1.807, 2.05) is 6.07 Å². The van der Waals surface area contributed by atoms with Crippen molar-refractivity contribution < 1.29 is 9.13 Å². The van der Waals surface area contributed by atoms with Gasteiger partial charge in [-0.3, -0.25) is 4.90 Å². The maximum Gasteiger partial charge on any atom is 0.151 e. The van der Waals surface area contributed by atoms with E-state index in [9.17, 15) is 4.39 Å². The number of aromatic nitrogens is 2. The van der Waals surface area contributed by atoms with Gasteiger partial charge in [0.2, 0.25) is 0 Å². The molecule has 1 aliphatic rings. The molecule has 0 saturated carbocycles. The first kappa shape index (κ1) is 14.8. The van der Waals surface area contributed by atoms with Crippen molar-refractivity contribution in [1.29, 1.82) is 0 Å². The number of hydrogen-bond acceptors (Lipinski definition) is 3. The van der Waals surface area contributed by atoms with Crippen molar-refractivity contribution in [3.05, 3.63) is 29.8 Å². The zero-order chi connectivity index (χ0) is 14.7. The standard InChI is InChI=1S/C15H19ClFN3O/c16-5-4-14-18-15-12(17)2-1-3-13(15)20(14)7-6-19-8-10-21-11-9-19/h1-3H,4-11H2. The molecule has 0 radical (unpaired) electrons. The van der Waals surface area contributed by atoms with Crippen LogP contribution in [0.15, 0.2) is 18.2 Å². The number of fused-ring (bicyclic) bond motifs is 1. The van der Waals surface area contributed by atoms with Gasteiger partial charge in [-0.25, -0.2) is 9.37 Å². The second kappa shape index (κ2) is 6.73. The summed E-state index contributed by atoms with van der Waals surface area (Å²) in [5.74, 6) is 1.08. The van der Waals surface area contributed by atoms with Gasteiger partial charge in [-0.1, -0.05) is 6.07 Å². The fourth-order valence-electron chi connectivity index (χ4n) is 2.75. The van der Waals surface area contributed by atoms with E-state index in [4.69, 9.17) is 16.3 Å². The molecule has 3 rings (SSSR count). The van der Waals surface area contributed by atoms with Crippen LogP contribution in [0.25, 0.3) is 11.0 Å². The molecule has 4 nitrogen and oxygen atoms in total. The molecule has 0 amide bonds. The lowest BCUT2D eigenvalue weighted by Crippen LogP contribution is -2.38. The Labute approximate surface area is 128 Å². The number of hydrogen-bond donors (Lipinski definition) is 0. The minimum absolute atomic E-state index is 0.270. The summed E-state index contributed by atoms with van der Waals surface area (Å²) in [6.07, 6.45) is 0.652. The summed E-state index contributed by atoms with van der Waals surface area (Å²) in [5.41, 5.74) is 1.29. The van der Waals surface area contributed by atoms with Crippen LogP contribution in [0.2, 0.25) is 0 Å². The Kier molecular flexibility index (Phi) is 4.73. The van der Waals surface area contributed by atoms with Crippen molar-refractivity contribution in [2.75, 3.05) is 38.7 Å². The molecule has 1 saturated heterocycles. The topological polar surface area (TPSA) is 30.3 Å². The van der Waals surface area contributed by atoms with E-state index in [0.717, 1.165) is 50.7 Å². The van der Waals surface area contributed by atoms with Crippen molar-refractivity contribution >= 4 is 22.6 Å². The summed E-state index contributed by atoms with van der Waals surface area (Å²) in [6, 6.07) is 5.10. The molecule has 1 aliphatic heterocycles. The molecule has 0 spiro atoms. The van der Waals surface area contributed by atoms with Crippen molar-refractivity contribution in [2.45, 2.75) is 13.0 Å². The van der Waals surface area contributed by atoms with E-state index < -0.39 is 0 Å². The highest BCUT2D eigenvalue weighted by atomic mass is 35.5. The van der Waals surface area contributed by atoms with Gasteiger partial charge in [-0.2, -0.15) is 0 Å². The molecule has 6 heteroatoms. The molecule has 0 unspecified atom stereocenters. The average Bonchev–Trinajstić information content (AvgIpc) is 2.86. The second-order valence-corrected chi connectivity index (χ2v) is 5.56. The predicted molar refractivity (Wildman–Crippen MR) is 81.4 cm³/mol. The lowest BCUT2D eigenvalue weighted by Gasteiger charge is -2.27. The first-order valence-corrected chi connectivity index (χ1v) is 7.83. The number of rotatable bonds is 5. The summed E-state index contributed by atoms with van der Waals surface area (Å²) < 4.78 is 21.3. The summed E-state index contributed by atoms with van der Waals surface area (Å²) in [7, 11) is 0. The van der Waals surface area contributed by atoms with Crippen molar-refractivity contribution in [2.24, 2.45) is 0 Å². The Bertz CT molecular complexity index is 610. The quantitative estimate of drug-likeness (QED) is 0.794. The van der Waals surface area contributed by atoms with Gasteiger partial charge in [0.1, 0.15) is 11.3 Å². The van der Waals surface area contributed by atoms with Gasteiger partial charge in [0.25, 0.3) is 0 Å². The lowest BCUT2D eigenvalue weighted by molar-refractivity contribution is 0.0364.